The third kappa shape index (κ3) is 9.04. The van der Waals surface area contributed by atoms with E-state index in [-0.39, 0.29) is 50.4 Å². The predicted molar refractivity (Wildman–Crippen MR) is 126 cm³/mol. The van der Waals surface area contributed by atoms with Crippen molar-refractivity contribution >= 4 is 17.8 Å². The van der Waals surface area contributed by atoms with Crippen molar-refractivity contribution in [1.29, 1.82) is 0 Å². The second-order valence-corrected chi connectivity index (χ2v) is 9.68. The number of rotatable bonds is 10. The number of carbonyl (C=O) groups excluding carboxylic acids is 3. The van der Waals surface area contributed by atoms with Gasteiger partial charge in [-0.25, -0.2) is 0 Å². The summed E-state index contributed by atoms with van der Waals surface area (Å²) >= 11 is 0. The highest BCUT2D eigenvalue weighted by molar-refractivity contribution is 5.77. The van der Waals surface area contributed by atoms with Crippen LogP contribution in [-0.2, 0) is 30.5 Å². The molecule has 9 nitrogen and oxygen atoms in total. The van der Waals surface area contributed by atoms with E-state index in [0.717, 1.165) is 5.56 Å². The van der Waals surface area contributed by atoms with Crippen LogP contribution in [0.2, 0.25) is 0 Å². The van der Waals surface area contributed by atoms with Gasteiger partial charge in [0.1, 0.15) is 18.8 Å². The molecule has 0 spiro atoms. The molecule has 2 amide bonds. The zero-order chi connectivity index (χ0) is 25.3. The minimum absolute atomic E-state index is 0.0477. The van der Waals surface area contributed by atoms with E-state index in [1.807, 2.05) is 51.1 Å². The highest BCUT2D eigenvalue weighted by Crippen LogP contribution is 2.23. The Morgan fingerprint density at radius 3 is 2.32 bits per heavy atom. The Morgan fingerprint density at radius 2 is 1.71 bits per heavy atom. The number of unbranched alkanes of at least 4 members (excludes halogenated alkanes) is 1. The number of carbonyl (C=O) groups is 3. The summed E-state index contributed by atoms with van der Waals surface area (Å²) in [5, 5.41) is 23.8. The van der Waals surface area contributed by atoms with Gasteiger partial charge in [0.2, 0.25) is 11.8 Å². The van der Waals surface area contributed by atoms with Crippen LogP contribution >= 0.6 is 0 Å². The van der Waals surface area contributed by atoms with Crippen molar-refractivity contribution in [2.45, 2.75) is 89.9 Å². The van der Waals surface area contributed by atoms with Crippen LogP contribution in [0, 0.1) is 0 Å². The number of nitrogens with one attached hydrogen (secondary N) is 1. The van der Waals surface area contributed by atoms with E-state index in [1.165, 1.54) is 11.8 Å². The van der Waals surface area contributed by atoms with E-state index in [1.54, 1.807) is 0 Å². The zero-order valence-corrected chi connectivity index (χ0v) is 20.5. The van der Waals surface area contributed by atoms with E-state index in [4.69, 9.17) is 9.47 Å². The van der Waals surface area contributed by atoms with Gasteiger partial charge in [0.25, 0.3) is 0 Å². The van der Waals surface area contributed by atoms with Gasteiger partial charge in [-0.3, -0.25) is 14.4 Å². The number of piperidine rings is 1. The standard InChI is InChI=1S/C25H38N2O7/c1-17(28)26-19-14-27(20(24(32)23(19)31)16-34-25(2,3)4)21(29)12-8-9-13-22(30)33-15-18-10-6-5-7-11-18/h5-7,10-11,19-20,23-24,31-32H,8-9,12-16H2,1-4H3,(H,26,28)/t19-,20+,23+,24-/m0/s1. The van der Waals surface area contributed by atoms with Gasteiger partial charge in [-0.1, -0.05) is 30.3 Å². The first kappa shape index (κ1) is 27.8. The number of esters is 1. The zero-order valence-electron chi connectivity index (χ0n) is 20.5. The van der Waals surface area contributed by atoms with Crippen molar-refractivity contribution in [3.63, 3.8) is 0 Å². The summed E-state index contributed by atoms with van der Waals surface area (Å²) in [5.41, 5.74) is 0.419. The Balaban J connectivity index is 1.89. The Morgan fingerprint density at radius 1 is 1.06 bits per heavy atom. The molecule has 34 heavy (non-hydrogen) atoms. The Bertz CT molecular complexity index is 809. The lowest BCUT2D eigenvalue weighted by Gasteiger charge is -2.46. The van der Waals surface area contributed by atoms with Crippen molar-refractivity contribution in [3.05, 3.63) is 35.9 Å². The molecule has 1 aliphatic heterocycles. The molecule has 9 heteroatoms. The fourth-order valence-corrected chi connectivity index (χ4v) is 3.81. The molecule has 0 saturated carbocycles. The molecule has 0 bridgehead atoms. The largest absolute Gasteiger partial charge is 0.461 e. The summed E-state index contributed by atoms with van der Waals surface area (Å²) in [6, 6.07) is 7.87. The van der Waals surface area contributed by atoms with Crippen LogP contribution < -0.4 is 5.32 Å². The molecule has 0 aliphatic carbocycles. The average molecular weight is 479 g/mol. The van der Waals surface area contributed by atoms with Gasteiger partial charge in [0, 0.05) is 26.3 Å². The molecule has 1 aliphatic rings. The normalized spacial score (nSPS) is 22.8. The van der Waals surface area contributed by atoms with Gasteiger partial charge < -0.3 is 29.9 Å². The van der Waals surface area contributed by atoms with E-state index in [0.29, 0.717) is 12.8 Å². The molecule has 1 saturated heterocycles. The minimum Gasteiger partial charge on any atom is -0.461 e. The van der Waals surface area contributed by atoms with Crippen molar-refractivity contribution < 1.29 is 34.1 Å². The quantitative estimate of drug-likeness (QED) is 0.344. The molecule has 3 N–H and O–H groups in total. The molecular weight excluding hydrogens is 440 g/mol. The van der Waals surface area contributed by atoms with Crippen molar-refractivity contribution in [1.82, 2.24) is 10.2 Å². The number of ether oxygens (including phenoxy) is 2. The molecule has 1 aromatic rings. The van der Waals surface area contributed by atoms with Crippen molar-refractivity contribution in [2.75, 3.05) is 13.2 Å². The van der Waals surface area contributed by atoms with Gasteiger partial charge in [0.05, 0.1) is 24.3 Å². The molecule has 1 fully saturated rings. The number of aliphatic hydroxyl groups is 2. The van der Waals surface area contributed by atoms with Gasteiger partial charge >= 0.3 is 5.97 Å². The Labute approximate surface area is 201 Å². The number of hydrogen-bond donors (Lipinski definition) is 3. The summed E-state index contributed by atoms with van der Waals surface area (Å²) in [6.45, 7) is 7.23. The minimum atomic E-state index is -1.27. The maximum atomic E-state index is 13.0. The van der Waals surface area contributed by atoms with Crippen LogP contribution in [0.4, 0.5) is 0 Å². The highest BCUT2D eigenvalue weighted by atomic mass is 16.5. The van der Waals surface area contributed by atoms with Gasteiger partial charge in [0.15, 0.2) is 0 Å². The van der Waals surface area contributed by atoms with Crippen molar-refractivity contribution in [3.8, 4) is 0 Å². The Kier molecular flexibility index (Phi) is 10.5. The van der Waals surface area contributed by atoms with Gasteiger partial charge in [-0.2, -0.15) is 0 Å². The first-order valence-corrected chi connectivity index (χ1v) is 11.7. The lowest BCUT2D eigenvalue weighted by Crippen LogP contribution is -2.67. The van der Waals surface area contributed by atoms with Gasteiger partial charge in [-0.05, 0) is 39.2 Å². The third-order valence-corrected chi connectivity index (χ3v) is 5.61. The summed E-state index contributed by atoms with van der Waals surface area (Å²) in [7, 11) is 0. The number of nitrogens with zero attached hydrogens (tertiary/aromatic N) is 1. The summed E-state index contributed by atoms with van der Waals surface area (Å²) in [6.07, 6.45) is -1.19. The van der Waals surface area contributed by atoms with Crippen LogP contribution in [0.15, 0.2) is 30.3 Å². The van der Waals surface area contributed by atoms with Crippen molar-refractivity contribution in [2.24, 2.45) is 0 Å². The molecule has 1 aromatic carbocycles. The lowest BCUT2D eigenvalue weighted by molar-refractivity contribution is -0.160. The topological polar surface area (TPSA) is 125 Å². The monoisotopic (exact) mass is 478 g/mol. The highest BCUT2D eigenvalue weighted by Gasteiger charge is 2.44. The van der Waals surface area contributed by atoms with Crippen LogP contribution in [0.25, 0.3) is 0 Å². The molecular formula is C25H38N2O7. The number of likely N-dealkylation sites (tertiary alicyclic amines) is 1. The van der Waals surface area contributed by atoms with E-state index >= 15 is 0 Å². The van der Waals surface area contributed by atoms with Crippen LogP contribution in [0.3, 0.4) is 0 Å². The molecule has 1 heterocycles. The summed E-state index contributed by atoms with van der Waals surface area (Å²) in [4.78, 5) is 38.0. The maximum absolute atomic E-state index is 13.0. The second kappa shape index (κ2) is 12.8. The molecule has 190 valence electrons. The van der Waals surface area contributed by atoms with Gasteiger partial charge in [-0.15, -0.1) is 0 Å². The SMILES string of the molecule is CC(=O)N[C@H]1CN(C(=O)CCCCC(=O)OCc2ccccc2)[C@H](COC(C)(C)C)[C@H](O)[C@@H]1O. The first-order valence-electron chi connectivity index (χ1n) is 11.7. The predicted octanol–water partition coefficient (Wildman–Crippen LogP) is 1.54. The maximum Gasteiger partial charge on any atom is 0.306 e. The number of aliphatic hydroxyl groups excluding tert-OH is 2. The van der Waals surface area contributed by atoms with Crippen LogP contribution in [0.5, 0.6) is 0 Å². The first-order chi connectivity index (χ1) is 16.0. The number of amides is 2. The molecule has 4 atom stereocenters. The molecule has 0 unspecified atom stereocenters. The fourth-order valence-electron chi connectivity index (χ4n) is 3.81. The van der Waals surface area contributed by atoms with Crippen LogP contribution in [0.1, 0.15) is 58.9 Å². The lowest BCUT2D eigenvalue weighted by atomic mass is 9.91. The molecule has 2 rings (SSSR count). The number of hydrogen-bond acceptors (Lipinski definition) is 7. The average Bonchev–Trinajstić information content (AvgIpc) is 2.77. The van der Waals surface area contributed by atoms with E-state index in [2.05, 4.69) is 5.32 Å². The fraction of sp³-hybridized carbons (Fsp3) is 0.640. The summed E-state index contributed by atoms with van der Waals surface area (Å²) in [5.74, 6) is -0.918. The van der Waals surface area contributed by atoms with Crippen LogP contribution in [-0.4, -0.2) is 75.9 Å². The van der Waals surface area contributed by atoms with E-state index in [9.17, 15) is 24.6 Å². The molecule has 0 aromatic heterocycles. The second-order valence-electron chi connectivity index (χ2n) is 9.68. The third-order valence-electron chi connectivity index (χ3n) is 5.61. The smallest absolute Gasteiger partial charge is 0.306 e. The molecule has 0 radical (unpaired) electrons. The Hall–Kier alpha value is -2.49. The summed E-state index contributed by atoms with van der Waals surface area (Å²) < 4.78 is 11.0. The number of benzene rings is 1. The van der Waals surface area contributed by atoms with E-state index < -0.39 is 29.9 Å².